The molecule has 0 radical (unpaired) electrons. The third-order valence-corrected chi connectivity index (χ3v) is 8.61. The van der Waals surface area contributed by atoms with Crippen LogP contribution in [-0.4, -0.2) is 70.8 Å². The Hall–Kier alpha value is -2.92. The van der Waals surface area contributed by atoms with Crippen molar-refractivity contribution in [3.8, 4) is 6.07 Å². The number of rotatable bonds is 6. The van der Waals surface area contributed by atoms with Gasteiger partial charge in [-0.05, 0) is 54.7 Å². The molecule has 1 saturated carbocycles. The topological polar surface area (TPSA) is 96.8 Å². The predicted octanol–water partition coefficient (Wildman–Crippen LogP) is 3.12. The Kier molecular flexibility index (Phi) is 7.18. The summed E-state index contributed by atoms with van der Waals surface area (Å²) in [6.07, 6.45) is 4.20. The van der Waals surface area contributed by atoms with Gasteiger partial charge >= 0.3 is 6.03 Å². The monoisotopic (exact) mass is 479 g/mol. The summed E-state index contributed by atoms with van der Waals surface area (Å²) in [5.41, 5.74) is 1.16. The molecule has 0 aromatic heterocycles. The lowest BCUT2D eigenvalue weighted by atomic mass is 9.65. The molecule has 3 fully saturated rings. The smallest absolute Gasteiger partial charge is 0.325 e. The van der Waals surface area contributed by atoms with E-state index in [1.165, 1.54) is 0 Å². The molecule has 0 bridgehead atoms. The number of nitrogens with one attached hydrogen (secondary N) is 1. The van der Waals surface area contributed by atoms with Gasteiger partial charge in [0.1, 0.15) is 12.1 Å². The van der Waals surface area contributed by atoms with Gasteiger partial charge in [-0.2, -0.15) is 5.26 Å². The highest BCUT2D eigenvalue weighted by Crippen LogP contribution is 2.45. The van der Waals surface area contributed by atoms with Crippen molar-refractivity contribution in [1.82, 2.24) is 20.0 Å². The van der Waals surface area contributed by atoms with E-state index in [4.69, 9.17) is 5.26 Å². The van der Waals surface area contributed by atoms with Crippen LogP contribution in [0.2, 0.25) is 0 Å². The first kappa shape index (κ1) is 25.2. The van der Waals surface area contributed by atoms with Gasteiger partial charge in [-0.3, -0.25) is 19.4 Å². The van der Waals surface area contributed by atoms with Crippen molar-refractivity contribution in [3.05, 3.63) is 35.4 Å². The van der Waals surface area contributed by atoms with Crippen LogP contribution < -0.4 is 5.32 Å². The molecule has 2 aliphatic heterocycles. The summed E-state index contributed by atoms with van der Waals surface area (Å²) >= 11 is 0. The van der Waals surface area contributed by atoms with Gasteiger partial charge in [0.2, 0.25) is 5.91 Å². The number of urea groups is 1. The highest BCUT2D eigenvalue weighted by Gasteiger charge is 2.54. The van der Waals surface area contributed by atoms with E-state index in [2.05, 4.69) is 37.1 Å². The minimum Gasteiger partial charge on any atom is -0.339 e. The van der Waals surface area contributed by atoms with E-state index < -0.39 is 11.6 Å². The zero-order valence-electron chi connectivity index (χ0n) is 21.2. The van der Waals surface area contributed by atoms with Crippen molar-refractivity contribution in [1.29, 1.82) is 5.26 Å². The van der Waals surface area contributed by atoms with Gasteiger partial charge in [0, 0.05) is 32.7 Å². The van der Waals surface area contributed by atoms with Crippen LogP contribution in [0.25, 0.3) is 0 Å². The number of hydrogen-bond acceptors (Lipinski definition) is 5. The molecule has 1 aromatic carbocycles. The molecule has 2 heterocycles. The van der Waals surface area contributed by atoms with Gasteiger partial charge < -0.3 is 10.2 Å². The molecule has 1 spiro atoms. The maximum atomic E-state index is 13.3. The van der Waals surface area contributed by atoms with E-state index in [0.717, 1.165) is 49.4 Å². The van der Waals surface area contributed by atoms with Crippen molar-refractivity contribution in [2.75, 3.05) is 32.7 Å². The Balaban J connectivity index is 1.28. The lowest BCUT2D eigenvalue weighted by Crippen LogP contribution is -2.53. The number of hydrogen-bond donors (Lipinski definition) is 1. The molecular weight excluding hydrogens is 442 g/mol. The molecule has 0 unspecified atom stereocenters. The molecule has 35 heavy (non-hydrogen) atoms. The molecule has 0 atom stereocenters. The van der Waals surface area contributed by atoms with Gasteiger partial charge in [-0.1, -0.05) is 39.3 Å². The first-order chi connectivity index (χ1) is 16.7. The van der Waals surface area contributed by atoms with Crippen molar-refractivity contribution in [3.63, 3.8) is 0 Å². The SMILES string of the molecule is CCC(C)(C)C1CCC2(CC1)NC(=O)N(CC(=O)N1CCN(Cc3ccc(C#N)cc3)CC1)C2=O. The highest BCUT2D eigenvalue weighted by atomic mass is 16.2. The minimum atomic E-state index is -0.836. The van der Waals surface area contributed by atoms with Crippen LogP contribution >= 0.6 is 0 Å². The summed E-state index contributed by atoms with van der Waals surface area (Å²) in [6.45, 7) is 9.92. The van der Waals surface area contributed by atoms with E-state index >= 15 is 0 Å². The Morgan fingerprint density at radius 3 is 2.31 bits per heavy atom. The molecule has 188 valence electrons. The second-order valence-electron chi connectivity index (χ2n) is 11.0. The second-order valence-corrected chi connectivity index (χ2v) is 11.0. The van der Waals surface area contributed by atoms with Crippen molar-refractivity contribution >= 4 is 17.8 Å². The molecule has 4 rings (SSSR count). The fourth-order valence-corrected chi connectivity index (χ4v) is 5.67. The normalized spacial score (nSPS) is 25.6. The molecule has 2 saturated heterocycles. The summed E-state index contributed by atoms with van der Waals surface area (Å²) in [5.74, 6) is 0.131. The summed E-state index contributed by atoms with van der Waals surface area (Å²) in [6, 6.07) is 9.24. The summed E-state index contributed by atoms with van der Waals surface area (Å²) in [5, 5.41) is 11.9. The average molecular weight is 480 g/mol. The molecular formula is C27H37N5O3. The number of carbonyl (C=O) groups is 3. The van der Waals surface area contributed by atoms with Gasteiger partial charge in [0.15, 0.2) is 0 Å². The quantitative estimate of drug-likeness (QED) is 0.633. The summed E-state index contributed by atoms with van der Waals surface area (Å²) < 4.78 is 0. The summed E-state index contributed by atoms with van der Waals surface area (Å²) in [7, 11) is 0. The van der Waals surface area contributed by atoms with E-state index in [-0.39, 0.29) is 23.8 Å². The number of benzene rings is 1. The number of imide groups is 1. The Morgan fingerprint density at radius 2 is 1.74 bits per heavy atom. The van der Waals surface area contributed by atoms with Crippen LogP contribution in [-0.2, 0) is 16.1 Å². The first-order valence-electron chi connectivity index (χ1n) is 12.8. The maximum absolute atomic E-state index is 13.3. The fourth-order valence-electron chi connectivity index (χ4n) is 5.67. The summed E-state index contributed by atoms with van der Waals surface area (Å²) in [4.78, 5) is 44.1. The lowest BCUT2D eigenvalue weighted by Gasteiger charge is -2.42. The zero-order chi connectivity index (χ0) is 25.2. The average Bonchev–Trinajstić information content (AvgIpc) is 3.09. The molecule has 1 N–H and O–H groups in total. The lowest BCUT2D eigenvalue weighted by molar-refractivity contribution is -0.140. The first-order valence-corrected chi connectivity index (χ1v) is 12.8. The van der Waals surface area contributed by atoms with Crippen molar-refractivity contribution in [2.45, 2.75) is 65.0 Å². The number of nitriles is 1. The predicted molar refractivity (Wildman–Crippen MR) is 132 cm³/mol. The van der Waals surface area contributed by atoms with Crippen LogP contribution in [0.3, 0.4) is 0 Å². The van der Waals surface area contributed by atoms with Crippen molar-refractivity contribution in [2.24, 2.45) is 11.3 Å². The Bertz CT molecular complexity index is 997. The molecule has 8 nitrogen and oxygen atoms in total. The van der Waals surface area contributed by atoms with E-state index in [9.17, 15) is 14.4 Å². The zero-order valence-corrected chi connectivity index (χ0v) is 21.2. The van der Waals surface area contributed by atoms with E-state index in [1.807, 2.05) is 24.3 Å². The van der Waals surface area contributed by atoms with Gasteiger partial charge in [0.25, 0.3) is 5.91 Å². The highest BCUT2D eigenvalue weighted by molar-refractivity contribution is 6.09. The molecule has 1 aromatic rings. The van der Waals surface area contributed by atoms with Crippen LogP contribution in [0.15, 0.2) is 24.3 Å². The van der Waals surface area contributed by atoms with Crippen LogP contribution in [0.1, 0.15) is 64.0 Å². The number of amides is 4. The Morgan fingerprint density at radius 1 is 1.11 bits per heavy atom. The number of carbonyl (C=O) groups excluding carboxylic acids is 3. The van der Waals surface area contributed by atoms with E-state index in [0.29, 0.717) is 37.4 Å². The van der Waals surface area contributed by atoms with Crippen LogP contribution in [0.5, 0.6) is 0 Å². The van der Waals surface area contributed by atoms with Gasteiger partial charge in [-0.25, -0.2) is 4.79 Å². The van der Waals surface area contributed by atoms with Crippen LogP contribution in [0, 0.1) is 22.7 Å². The molecule has 8 heteroatoms. The Labute approximate surface area is 208 Å². The largest absolute Gasteiger partial charge is 0.339 e. The standard InChI is InChI=1S/C27H37N5O3/c1-4-26(2,3)22-9-11-27(12-10-22)24(34)32(25(35)29-27)19-23(33)31-15-13-30(14-16-31)18-21-7-5-20(17-28)6-8-21/h5-8,22H,4,9-16,18-19H2,1-3H3,(H,29,35). The third-order valence-electron chi connectivity index (χ3n) is 8.61. The number of piperazine rings is 1. The van der Waals surface area contributed by atoms with Crippen LogP contribution in [0.4, 0.5) is 4.79 Å². The molecule has 3 aliphatic rings. The van der Waals surface area contributed by atoms with E-state index in [1.54, 1.807) is 4.90 Å². The maximum Gasteiger partial charge on any atom is 0.325 e. The minimum absolute atomic E-state index is 0.177. The van der Waals surface area contributed by atoms with Gasteiger partial charge in [0.05, 0.1) is 11.6 Å². The number of nitrogens with zero attached hydrogens (tertiary/aromatic N) is 4. The fraction of sp³-hybridized carbons (Fsp3) is 0.630. The molecule has 4 amide bonds. The molecule has 1 aliphatic carbocycles. The van der Waals surface area contributed by atoms with Crippen molar-refractivity contribution < 1.29 is 14.4 Å². The second kappa shape index (κ2) is 9.98. The van der Waals surface area contributed by atoms with Gasteiger partial charge in [-0.15, -0.1) is 0 Å². The third kappa shape index (κ3) is 5.20.